The maximum Gasteiger partial charge on any atom is 0.0590 e. The van der Waals surface area contributed by atoms with Crippen molar-refractivity contribution in [2.75, 3.05) is 0 Å². The smallest absolute Gasteiger partial charge is 0.0590 e. The van der Waals surface area contributed by atoms with Crippen molar-refractivity contribution < 1.29 is 0 Å². The van der Waals surface area contributed by atoms with E-state index in [-0.39, 0.29) is 0 Å². The van der Waals surface area contributed by atoms with Crippen LogP contribution in [0.4, 0.5) is 0 Å². The van der Waals surface area contributed by atoms with E-state index in [9.17, 15) is 0 Å². The first-order chi connectivity index (χ1) is 11.4. The molecule has 0 radical (unpaired) electrons. The normalized spacial score (nSPS) is 17.0. The van der Waals surface area contributed by atoms with Gasteiger partial charge in [0.25, 0.3) is 0 Å². The minimum absolute atomic E-state index is 0.922. The second-order valence-corrected chi connectivity index (χ2v) is 5.52. The van der Waals surface area contributed by atoms with Crippen LogP contribution in [-0.2, 0) is 0 Å². The fourth-order valence-corrected chi connectivity index (χ4v) is 2.82. The monoisotopic (exact) mass is 299 g/mol. The zero-order chi connectivity index (χ0) is 15.5. The van der Waals surface area contributed by atoms with E-state index >= 15 is 0 Å². The summed E-state index contributed by atoms with van der Waals surface area (Å²) >= 11 is 0. The van der Waals surface area contributed by atoms with Crippen LogP contribution in [-0.4, -0.2) is 17.4 Å². The molecule has 1 aromatic carbocycles. The lowest BCUT2D eigenvalue weighted by Gasteiger charge is -1.95. The molecule has 3 heteroatoms. The molecular weight excluding hydrogens is 282 g/mol. The molecular formula is C20H17N3. The molecule has 0 unspecified atom stereocenters. The summed E-state index contributed by atoms with van der Waals surface area (Å²) < 4.78 is 0. The average Bonchev–Trinajstić information content (AvgIpc) is 3.31. The molecule has 0 aliphatic carbocycles. The van der Waals surface area contributed by atoms with E-state index < -0.39 is 0 Å². The van der Waals surface area contributed by atoms with Gasteiger partial charge in [0, 0.05) is 47.4 Å². The fourth-order valence-electron chi connectivity index (χ4n) is 2.82. The number of aromatic amines is 1. The minimum Gasteiger partial charge on any atom is -0.355 e. The number of nitrogens with zero attached hydrogens (tertiary/aromatic N) is 2. The van der Waals surface area contributed by atoms with Gasteiger partial charge in [0.2, 0.25) is 0 Å². The Kier molecular flexibility index (Phi) is 3.60. The Hall–Kier alpha value is -2.94. The van der Waals surface area contributed by atoms with Crippen molar-refractivity contribution in [1.82, 2.24) is 4.98 Å². The molecule has 3 nitrogen and oxygen atoms in total. The number of benzene rings is 1. The lowest BCUT2D eigenvalue weighted by atomic mass is 10.1. The molecule has 0 amide bonds. The molecule has 1 aromatic heterocycles. The van der Waals surface area contributed by atoms with Gasteiger partial charge < -0.3 is 4.98 Å². The van der Waals surface area contributed by atoms with E-state index in [1.165, 1.54) is 10.9 Å². The van der Waals surface area contributed by atoms with E-state index in [0.29, 0.717) is 0 Å². The molecule has 0 fully saturated rings. The van der Waals surface area contributed by atoms with Crippen molar-refractivity contribution in [3.8, 4) is 0 Å². The number of nitrogens with one attached hydrogen (secondary N) is 1. The first-order valence-electron chi connectivity index (χ1n) is 7.82. The molecule has 2 aliphatic heterocycles. The Balaban J connectivity index is 1.74. The van der Waals surface area contributed by atoms with Crippen molar-refractivity contribution in [3.05, 3.63) is 71.2 Å². The Morgan fingerprint density at radius 1 is 0.826 bits per heavy atom. The van der Waals surface area contributed by atoms with Crippen LogP contribution < -0.4 is 0 Å². The molecule has 1 N–H and O–H groups in total. The summed E-state index contributed by atoms with van der Waals surface area (Å²) in [7, 11) is 0. The van der Waals surface area contributed by atoms with Gasteiger partial charge in [-0.2, -0.15) is 0 Å². The van der Waals surface area contributed by atoms with E-state index in [1.807, 2.05) is 18.5 Å². The number of allylic oxidation sites excluding steroid dienone is 4. The zero-order valence-electron chi connectivity index (χ0n) is 12.7. The van der Waals surface area contributed by atoms with Gasteiger partial charge in [0.05, 0.1) is 11.4 Å². The van der Waals surface area contributed by atoms with Crippen LogP contribution in [0.3, 0.4) is 0 Å². The predicted octanol–water partition coefficient (Wildman–Crippen LogP) is 4.91. The molecule has 0 saturated heterocycles. The number of fused-ring (bicyclic) bond motifs is 1. The van der Waals surface area contributed by atoms with Gasteiger partial charge in [-0.3, -0.25) is 9.98 Å². The van der Waals surface area contributed by atoms with Gasteiger partial charge in [-0.15, -0.1) is 0 Å². The molecule has 4 rings (SSSR count). The molecule has 0 bridgehead atoms. The van der Waals surface area contributed by atoms with Crippen LogP contribution in [0.25, 0.3) is 23.1 Å². The number of aromatic nitrogens is 1. The van der Waals surface area contributed by atoms with E-state index in [0.717, 1.165) is 35.4 Å². The molecule has 0 saturated carbocycles. The minimum atomic E-state index is 0.922. The summed E-state index contributed by atoms with van der Waals surface area (Å²) in [6, 6.07) is 8.36. The standard InChI is InChI=1S/C20H17N3/c1-2-8-19-17(7-1)18(11-9-15-5-3-13-21-15)20(23-19)12-10-16-6-4-14-22-16/h1-2,5-14,23H,3-4H2/b11-9+,12-10+. The van der Waals surface area contributed by atoms with Crippen LogP contribution in [0, 0.1) is 0 Å². The fraction of sp³-hybridized carbons (Fsp3) is 0.100. The Bertz CT molecular complexity index is 918. The molecule has 23 heavy (non-hydrogen) atoms. The third kappa shape index (κ3) is 2.86. The maximum atomic E-state index is 4.35. The quantitative estimate of drug-likeness (QED) is 0.833. The van der Waals surface area contributed by atoms with Crippen molar-refractivity contribution in [2.45, 2.75) is 12.8 Å². The highest BCUT2D eigenvalue weighted by Crippen LogP contribution is 2.26. The molecule has 3 heterocycles. The van der Waals surface area contributed by atoms with Gasteiger partial charge in [0.15, 0.2) is 0 Å². The lowest BCUT2D eigenvalue weighted by molar-refractivity contribution is 1.40. The average molecular weight is 299 g/mol. The number of rotatable bonds is 4. The predicted molar refractivity (Wildman–Crippen MR) is 98.8 cm³/mol. The summed E-state index contributed by atoms with van der Waals surface area (Å²) in [6.45, 7) is 0. The second kappa shape index (κ2) is 6.05. The van der Waals surface area contributed by atoms with Crippen molar-refractivity contribution in [1.29, 1.82) is 0 Å². The molecule has 112 valence electrons. The lowest BCUT2D eigenvalue weighted by Crippen LogP contribution is -1.77. The van der Waals surface area contributed by atoms with Gasteiger partial charge in [-0.1, -0.05) is 36.4 Å². The van der Waals surface area contributed by atoms with E-state index in [4.69, 9.17) is 0 Å². The number of hydrogen-bond acceptors (Lipinski definition) is 2. The van der Waals surface area contributed by atoms with Crippen molar-refractivity contribution in [3.63, 3.8) is 0 Å². The van der Waals surface area contributed by atoms with Gasteiger partial charge in [-0.05, 0) is 24.3 Å². The van der Waals surface area contributed by atoms with Crippen LogP contribution in [0.2, 0.25) is 0 Å². The zero-order valence-corrected chi connectivity index (χ0v) is 12.7. The SMILES string of the molecule is C1=NC(/C=C/c2[nH]c3ccccc3c2/C=C/C2=CCC=N2)=CC1. The number of aliphatic imine (C=N–C) groups is 2. The highest BCUT2D eigenvalue weighted by molar-refractivity contribution is 5.93. The van der Waals surface area contributed by atoms with Gasteiger partial charge in [0.1, 0.15) is 0 Å². The summed E-state index contributed by atoms with van der Waals surface area (Å²) in [4.78, 5) is 12.2. The Morgan fingerprint density at radius 3 is 2.22 bits per heavy atom. The number of para-hydroxylation sites is 1. The summed E-state index contributed by atoms with van der Waals surface area (Å²) in [5.74, 6) is 0. The summed E-state index contributed by atoms with van der Waals surface area (Å²) in [5, 5.41) is 1.22. The van der Waals surface area contributed by atoms with Gasteiger partial charge in [-0.25, -0.2) is 0 Å². The van der Waals surface area contributed by atoms with E-state index in [2.05, 4.69) is 69.6 Å². The van der Waals surface area contributed by atoms with Crippen LogP contribution >= 0.6 is 0 Å². The third-order valence-electron chi connectivity index (χ3n) is 3.96. The maximum absolute atomic E-state index is 4.35. The molecule has 0 spiro atoms. The first kappa shape index (κ1) is 13.7. The molecule has 2 aromatic rings. The topological polar surface area (TPSA) is 40.5 Å². The van der Waals surface area contributed by atoms with Crippen molar-refractivity contribution in [2.24, 2.45) is 9.98 Å². The number of hydrogen-bond donors (Lipinski definition) is 1. The first-order valence-corrected chi connectivity index (χ1v) is 7.82. The van der Waals surface area contributed by atoms with Gasteiger partial charge >= 0.3 is 0 Å². The highest BCUT2D eigenvalue weighted by atomic mass is 14.8. The van der Waals surface area contributed by atoms with Crippen molar-refractivity contribution >= 4 is 35.5 Å². The Labute approximate surface area is 135 Å². The molecule has 2 aliphatic rings. The largest absolute Gasteiger partial charge is 0.355 e. The summed E-state index contributed by atoms with van der Waals surface area (Å²) in [6.07, 6.45) is 18.3. The Morgan fingerprint density at radius 2 is 1.52 bits per heavy atom. The van der Waals surface area contributed by atoms with Crippen LogP contribution in [0.5, 0.6) is 0 Å². The third-order valence-corrected chi connectivity index (χ3v) is 3.96. The number of H-pyrrole nitrogens is 1. The highest BCUT2D eigenvalue weighted by Gasteiger charge is 2.07. The molecule has 0 atom stereocenters. The van der Waals surface area contributed by atoms with E-state index in [1.54, 1.807) is 0 Å². The second-order valence-electron chi connectivity index (χ2n) is 5.52. The summed E-state index contributed by atoms with van der Waals surface area (Å²) in [5.41, 5.74) is 5.45. The van der Waals surface area contributed by atoms with Crippen LogP contribution in [0.1, 0.15) is 24.1 Å². The van der Waals surface area contributed by atoms with Crippen LogP contribution in [0.15, 0.2) is 69.9 Å².